The molecule has 1 fully saturated rings. The van der Waals surface area contributed by atoms with Crippen molar-refractivity contribution in [3.8, 4) is 0 Å². The molecule has 0 aliphatic carbocycles. The lowest BCUT2D eigenvalue weighted by Crippen LogP contribution is -1.89. The first kappa shape index (κ1) is 8.32. The molecule has 1 aliphatic rings. The fraction of sp³-hybridized carbons (Fsp3) is 0.400. The summed E-state index contributed by atoms with van der Waals surface area (Å²) in [6.07, 6.45) is 4.35. The van der Waals surface area contributed by atoms with Crippen LogP contribution in [-0.2, 0) is 0 Å². The predicted molar refractivity (Wildman–Crippen MR) is 58.7 cm³/mol. The van der Waals surface area contributed by atoms with E-state index in [1.54, 1.807) is 5.56 Å². The summed E-state index contributed by atoms with van der Waals surface area (Å²) in [6.45, 7) is 0. The minimum Gasteiger partial charge on any atom is -0.141 e. The topological polar surface area (TPSA) is 0 Å². The van der Waals surface area contributed by atoms with Gasteiger partial charge in [0, 0.05) is 0 Å². The lowest BCUT2D eigenvalue weighted by molar-refractivity contribution is 0.828. The highest BCUT2D eigenvalue weighted by molar-refractivity contribution is 7.82. The third-order valence-electron chi connectivity index (χ3n) is 2.70. The largest absolute Gasteiger partial charge is 0.141 e. The van der Waals surface area contributed by atoms with Gasteiger partial charge in [0.2, 0.25) is 0 Å². The number of benzene rings is 1. The molecule has 0 bridgehead atoms. The molecule has 0 N–H and O–H groups in total. The van der Waals surface area contributed by atoms with Gasteiger partial charge >= 0.3 is 0 Å². The predicted octanol–water partition coefficient (Wildman–Crippen LogP) is 2.55. The molecule has 1 aromatic rings. The quantitative estimate of drug-likeness (QED) is 0.455. The average molecular weight is 176 g/mol. The molecule has 0 aromatic heterocycles. The van der Waals surface area contributed by atoms with Crippen LogP contribution >= 0.6 is 7.80 Å². The van der Waals surface area contributed by atoms with E-state index in [1.165, 1.54) is 19.0 Å². The molecule has 0 radical (unpaired) electrons. The standard InChI is InChI=1S/C10H14BP/c11-12-8-4-7-10(12)9-5-2-1-3-6-9/h1-3,5-6,10H,4,7-8,11H2/t10-,12?/m1/s1. The lowest BCUT2D eigenvalue weighted by Gasteiger charge is -2.15. The molecule has 0 saturated carbocycles. The molecular weight excluding hydrogens is 162 g/mol. The van der Waals surface area contributed by atoms with Crippen molar-refractivity contribution >= 4 is 15.4 Å². The first-order chi connectivity index (χ1) is 5.88. The van der Waals surface area contributed by atoms with E-state index >= 15 is 0 Å². The van der Waals surface area contributed by atoms with Crippen LogP contribution in [0.4, 0.5) is 0 Å². The van der Waals surface area contributed by atoms with Gasteiger partial charge in [-0.05, 0) is 30.2 Å². The van der Waals surface area contributed by atoms with Crippen LogP contribution < -0.4 is 0 Å². The van der Waals surface area contributed by atoms with Crippen molar-refractivity contribution in [2.24, 2.45) is 0 Å². The third kappa shape index (κ3) is 1.56. The molecule has 2 heteroatoms. The van der Waals surface area contributed by atoms with E-state index in [0.29, 0.717) is 7.80 Å². The highest BCUT2D eigenvalue weighted by Crippen LogP contribution is 2.55. The van der Waals surface area contributed by atoms with Crippen molar-refractivity contribution < 1.29 is 0 Å². The highest BCUT2D eigenvalue weighted by Gasteiger charge is 2.23. The van der Waals surface area contributed by atoms with Crippen LogP contribution in [0.3, 0.4) is 0 Å². The van der Waals surface area contributed by atoms with Crippen LogP contribution in [0.1, 0.15) is 24.1 Å². The molecule has 12 heavy (non-hydrogen) atoms. The van der Waals surface area contributed by atoms with Gasteiger partial charge in [0.05, 0.1) is 0 Å². The van der Waals surface area contributed by atoms with E-state index in [2.05, 4.69) is 37.9 Å². The molecule has 1 aliphatic heterocycles. The fourth-order valence-corrected chi connectivity index (χ4v) is 4.30. The van der Waals surface area contributed by atoms with Crippen LogP contribution in [0, 0.1) is 0 Å². The van der Waals surface area contributed by atoms with Crippen molar-refractivity contribution in [1.29, 1.82) is 0 Å². The minimum absolute atomic E-state index is 0.295. The van der Waals surface area contributed by atoms with Gasteiger partial charge in [-0.15, -0.1) is 7.80 Å². The van der Waals surface area contributed by atoms with Gasteiger partial charge in [-0.1, -0.05) is 30.3 Å². The van der Waals surface area contributed by atoms with Crippen molar-refractivity contribution in [2.75, 3.05) is 6.16 Å². The van der Waals surface area contributed by atoms with Gasteiger partial charge in [-0.3, -0.25) is 0 Å². The minimum atomic E-state index is 0.295. The first-order valence-electron chi connectivity index (χ1n) is 4.63. The first-order valence-corrected chi connectivity index (χ1v) is 6.67. The summed E-state index contributed by atoms with van der Waals surface area (Å²) in [5.74, 6) is 0. The summed E-state index contributed by atoms with van der Waals surface area (Å²) >= 11 is 0. The second-order valence-corrected chi connectivity index (χ2v) is 6.13. The van der Waals surface area contributed by atoms with Gasteiger partial charge in [-0.25, -0.2) is 0 Å². The maximum atomic E-state index is 2.44. The third-order valence-corrected chi connectivity index (χ3v) is 5.35. The zero-order valence-corrected chi connectivity index (χ0v) is 8.43. The summed E-state index contributed by atoms with van der Waals surface area (Å²) in [4.78, 5) is 0. The second-order valence-electron chi connectivity index (χ2n) is 3.55. The van der Waals surface area contributed by atoms with Crippen molar-refractivity contribution in [3.63, 3.8) is 0 Å². The van der Waals surface area contributed by atoms with Crippen LogP contribution in [0.25, 0.3) is 0 Å². The van der Waals surface area contributed by atoms with Crippen molar-refractivity contribution in [2.45, 2.75) is 18.5 Å². The SMILES string of the molecule is BP1CCC[C@@H]1c1ccccc1. The monoisotopic (exact) mass is 176 g/mol. The van der Waals surface area contributed by atoms with Crippen LogP contribution in [0.2, 0.25) is 0 Å². The normalized spacial score (nSPS) is 29.0. The molecule has 0 nitrogen and oxygen atoms in total. The number of hydrogen-bond donors (Lipinski definition) is 0. The molecule has 1 heterocycles. The Labute approximate surface area is 76.5 Å². The van der Waals surface area contributed by atoms with Gasteiger partial charge in [-0.2, -0.15) is 0 Å². The smallest absolute Gasteiger partial charge is 0.135 e. The zero-order valence-electron chi connectivity index (χ0n) is 7.53. The van der Waals surface area contributed by atoms with E-state index in [4.69, 9.17) is 0 Å². The van der Waals surface area contributed by atoms with E-state index in [9.17, 15) is 0 Å². The molecule has 0 amide bonds. The maximum Gasteiger partial charge on any atom is 0.135 e. The Morgan fingerprint density at radius 2 is 2.00 bits per heavy atom. The molecule has 1 aromatic carbocycles. The van der Waals surface area contributed by atoms with E-state index < -0.39 is 0 Å². The van der Waals surface area contributed by atoms with E-state index in [-0.39, 0.29) is 0 Å². The summed E-state index contributed by atoms with van der Waals surface area (Å²) in [5, 5.41) is 0. The second kappa shape index (κ2) is 3.62. The molecule has 1 saturated heterocycles. The Kier molecular flexibility index (Phi) is 2.51. The zero-order chi connectivity index (χ0) is 8.39. The van der Waals surface area contributed by atoms with Crippen molar-refractivity contribution in [1.82, 2.24) is 0 Å². The highest BCUT2D eigenvalue weighted by atomic mass is 31.1. The van der Waals surface area contributed by atoms with E-state index in [0.717, 1.165) is 5.66 Å². The van der Waals surface area contributed by atoms with E-state index in [1.807, 2.05) is 0 Å². The van der Waals surface area contributed by atoms with Crippen LogP contribution in [0.15, 0.2) is 30.3 Å². The van der Waals surface area contributed by atoms with Gasteiger partial charge in [0.25, 0.3) is 0 Å². The Bertz CT molecular complexity index is 247. The maximum absolute atomic E-state index is 2.44. The van der Waals surface area contributed by atoms with Crippen LogP contribution in [0.5, 0.6) is 0 Å². The fourth-order valence-electron chi connectivity index (χ4n) is 2.01. The van der Waals surface area contributed by atoms with Gasteiger partial charge in [0.15, 0.2) is 0 Å². The summed E-state index contributed by atoms with van der Waals surface area (Å²) in [7, 11) is 2.74. The van der Waals surface area contributed by atoms with Gasteiger partial charge < -0.3 is 0 Å². The number of rotatable bonds is 1. The van der Waals surface area contributed by atoms with Crippen LogP contribution in [-0.4, -0.2) is 13.7 Å². The molecule has 2 atom stereocenters. The Morgan fingerprint density at radius 3 is 2.58 bits per heavy atom. The summed E-state index contributed by atoms with van der Waals surface area (Å²) in [5.41, 5.74) is 2.48. The lowest BCUT2D eigenvalue weighted by atomic mass is 10.1. The van der Waals surface area contributed by atoms with Crippen molar-refractivity contribution in [3.05, 3.63) is 35.9 Å². The average Bonchev–Trinajstić information content (AvgIpc) is 2.53. The summed E-state index contributed by atoms with van der Waals surface area (Å²) in [6, 6.07) is 11.0. The Balaban J connectivity index is 2.19. The Hall–Kier alpha value is -0.285. The molecule has 62 valence electrons. The molecule has 2 rings (SSSR count). The van der Waals surface area contributed by atoms with Gasteiger partial charge in [0.1, 0.15) is 7.57 Å². The molecule has 1 unspecified atom stereocenters. The summed E-state index contributed by atoms with van der Waals surface area (Å²) < 4.78 is 0. The molecular formula is C10H14BP. The Morgan fingerprint density at radius 1 is 1.25 bits per heavy atom. The number of hydrogen-bond acceptors (Lipinski definition) is 0. The molecule has 0 spiro atoms.